The van der Waals surface area contributed by atoms with Crippen LogP contribution >= 0.6 is 0 Å². The summed E-state index contributed by atoms with van der Waals surface area (Å²) in [5.41, 5.74) is -0.374. The average Bonchev–Trinajstić information content (AvgIpc) is 2.64. The first-order valence-corrected chi connectivity index (χ1v) is 4.90. The monoisotopic (exact) mass is 268 g/mol. The summed E-state index contributed by atoms with van der Waals surface area (Å²) in [4.78, 5) is 11.4. The summed E-state index contributed by atoms with van der Waals surface area (Å²) < 4.78 is 41.2. The topological polar surface area (TPSA) is 86.8 Å². The molecule has 0 bridgehead atoms. The lowest BCUT2D eigenvalue weighted by molar-refractivity contribution is -0.148. The Morgan fingerprint density at radius 1 is 1.50 bits per heavy atom. The number of carboxylic acid groups (broad SMARTS) is 1. The van der Waals surface area contributed by atoms with Gasteiger partial charge in [-0.3, -0.25) is 4.90 Å². The molecule has 0 saturated heterocycles. The van der Waals surface area contributed by atoms with Crippen molar-refractivity contribution in [2.24, 2.45) is 0 Å². The zero-order chi connectivity index (χ0) is 13.8. The molecule has 0 radical (unpaired) electrons. The highest BCUT2D eigenvalue weighted by Crippen LogP contribution is 2.18. The zero-order valence-electron chi connectivity index (χ0n) is 9.15. The van der Waals surface area contributed by atoms with E-state index in [4.69, 9.17) is 10.2 Å². The van der Waals surface area contributed by atoms with E-state index in [1.165, 1.54) is 0 Å². The Morgan fingerprint density at radius 2 is 2.17 bits per heavy atom. The fourth-order valence-electron chi connectivity index (χ4n) is 1.32. The summed E-state index contributed by atoms with van der Waals surface area (Å²) in [7, 11) is 0. The fraction of sp³-hybridized carbons (Fsp3) is 0.556. The minimum Gasteiger partial charge on any atom is -0.476 e. The Kier molecular flexibility index (Phi) is 4.68. The third-order valence-corrected chi connectivity index (χ3v) is 1.98. The maximum Gasteiger partial charge on any atom is 0.401 e. The highest BCUT2D eigenvalue weighted by Gasteiger charge is 2.31. The normalized spacial score (nSPS) is 12.1. The van der Waals surface area contributed by atoms with Crippen LogP contribution in [0.1, 0.15) is 16.2 Å². The quantitative estimate of drug-likeness (QED) is 0.791. The van der Waals surface area contributed by atoms with Crippen LogP contribution in [0, 0.1) is 0 Å². The Hall–Kier alpha value is -1.61. The molecule has 1 aromatic rings. The summed E-state index contributed by atoms with van der Waals surface area (Å²) in [5.74, 6) is -1.33. The molecule has 0 aliphatic rings. The highest BCUT2D eigenvalue weighted by atomic mass is 19.4. The molecule has 0 unspecified atom stereocenters. The minimum atomic E-state index is -4.41. The van der Waals surface area contributed by atoms with Crippen molar-refractivity contribution in [3.05, 3.63) is 17.5 Å². The molecule has 18 heavy (non-hydrogen) atoms. The lowest BCUT2D eigenvalue weighted by Crippen LogP contribution is -2.35. The molecular formula is C9H11F3N2O4. The summed E-state index contributed by atoms with van der Waals surface area (Å²) in [6.07, 6.45) is -4.41. The molecule has 1 aromatic heterocycles. The number of carbonyl (C=O) groups is 1. The summed E-state index contributed by atoms with van der Waals surface area (Å²) in [6, 6.07) is 1.04. The predicted octanol–water partition coefficient (Wildman–Crippen LogP) is 0.729. The molecule has 0 spiro atoms. The molecule has 102 valence electrons. The van der Waals surface area contributed by atoms with E-state index in [-0.39, 0.29) is 24.5 Å². The molecule has 0 fully saturated rings. The van der Waals surface area contributed by atoms with Gasteiger partial charge in [0.15, 0.2) is 11.5 Å². The van der Waals surface area contributed by atoms with E-state index in [0.717, 1.165) is 11.0 Å². The third kappa shape index (κ3) is 4.72. The van der Waals surface area contributed by atoms with Gasteiger partial charge in [0.25, 0.3) is 0 Å². The largest absolute Gasteiger partial charge is 0.476 e. The number of hydrogen-bond donors (Lipinski definition) is 2. The maximum absolute atomic E-state index is 12.2. The predicted molar refractivity (Wildman–Crippen MR) is 51.9 cm³/mol. The van der Waals surface area contributed by atoms with Crippen LogP contribution in [0.5, 0.6) is 0 Å². The van der Waals surface area contributed by atoms with Crippen molar-refractivity contribution in [3.63, 3.8) is 0 Å². The number of nitrogens with zero attached hydrogens (tertiary/aromatic N) is 2. The first-order valence-electron chi connectivity index (χ1n) is 4.90. The maximum atomic E-state index is 12.2. The standard InChI is InChI=1S/C9H11F3N2O4/c10-9(11,12)5-14(1-2-15)4-6-3-7(8(16)17)13-18-6/h3,15H,1-2,4-5H2,(H,16,17). The van der Waals surface area contributed by atoms with E-state index < -0.39 is 25.3 Å². The Bertz CT molecular complexity index is 405. The zero-order valence-corrected chi connectivity index (χ0v) is 9.15. The molecule has 2 N–H and O–H groups in total. The lowest BCUT2D eigenvalue weighted by atomic mass is 10.3. The molecule has 1 heterocycles. The fourth-order valence-corrected chi connectivity index (χ4v) is 1.32. The number of halogens is 3. The number of aromatic carboxylic acids is 1. The number of hydrogen-bond acceptors (Lipinski definition) is 5. The summed E-state index contributed by atoms with van der Waals surface area (Å²) >= 11 is 0. The Labute approximate surface area is 99.6 Å². The first kappa shape index (κ1) is 14.5. The van der Waals surface area contributed by atoms with Gasteiger partial charge in [-0.05, 0) is 0 Å². The van der Waals surface area contributed by atoms with Crippen molar-refractivity contribution >= 4 is 5.97 Å². The highest BCUT2D eigenvalue weighted by molar-refractivity contribution is 5.85. The van der Waals surface area contributed by atoms with Gasteiger partial charge in [-0.1, -0.05) is 5.16 Å². The van der Waals surface area contributed by atoms with E-state index in [9.17, 15) is 18.0 Å². The molecule has 0 aromatic carbocycles. The van der Waals surface area contributed by atoms with Crippen LogP contribution < -0.4 is 0 Å². The van der Waals surface area contributed by atoms with E-state index in [1.54, 1.807) is 0 Å². The van der Waals surface area contributed by atoms with Crippen LogP contribution in [0.3, 0.4) is 0 Å². The molecule has 9 heteroatoms. The molecule has 0 aliphatic carbocycles. The van der Waals surface area contributed by atoms with E-state index in [0.29, 0.717) is 0 Å². The number of carboxylic acids is 1. The van der Waals surface area contributed by atoms with Crippen LogP contribution in [0.15, 0.2) is 10.6 Å². The van der Waals surface area contributed by atoms with Gasteiger partial charge in [0, 0.05) is 12.6 Å². The van der Waals surface area contributed by atoms with Crippen molar-refractivity contribution in [3.8, 4) is 0 Å². The van der Waals surface area contributed by atoms with E-state index in [1.807, 2.05) is 0 Å². The third-order valence-electron chi connectivity index (χ3n) is 1.98. The molecule has 0 amide bonds. The number of rotatable bonds is 6. The molecule has 6 nitrogen and oxygen atoms in total. The number of aliphatic hydroxyl groups excluding tert-OH is 1. The molecule has 0 saturated carbocycles. The van der Waals surface area contributed by atoms with Gasteiger partial charge in [0.05, 0.1) is 19.7 Å². The van der Waals surface area contributed by atoms with Crippen LogP contribution in [-0.4, -0.2) is 52.1 Å². The molecule has 0 aliphatic heterocycles. The van der Waals surface area contributed by atoms with Crippen molar-refractivity contribution in [1.82, 2.24) is 10.1 Å². The second kappa shape index (κ2) is 5.83. The van der Waals surface area contributed by atoms with Crippen molar-refractivity contribution in [2.45, 2.75) is 12.7 Å². The average molecular weight is 268 g/mol. The van der Waals surface area contributed by atoms with Gasteiger partial charge in [-0.25, -0.2) is 4.79 Å². The van der Waals surface area contributed by atoms with Gasteiger partial charge >= 0.3 is 12.1 Å². The second-order valence-electron chi connectivity index (χ2n) is 3.53. The summed E-state index contributed by atoms with van der Waals surface area (Å²) in [6.45, 7) is -2.16. The number of aromatic nitrogens is 1. The van der Waals surface area contributed by atoms with Crippen molar-refractivity contribution in [2.75, 3.05) is 19.7 Å². The molecule has 0 atom stereocenters. The second-order valence-corrected chi connectivity index (χ2v) is 3.53. The van der Waals surface area contributed by atoms with Gasteiger partial charge < -0.3 is 14.7 Å². The lowest BCUT2D eigenvalue weighted by Gasteiger charge is -2.20. The summed E-state index contributed by atoms with van der Waals surface area (Å²) in [5, 5.41) is 20.4. The Balaban J connectivity index is 2.67. The van der Waals surface area contributed by atoms with Crippen LogP contribution in [0.4, 0.5) is 13.2 Å². The smallest absolute Gasteiger partial charge is 0.401 e. The van der Waals surface area contributed by atoms with Crippen LogP contribution in [0.25, 0.3) is 0 Å². The molecule has 1 rings (SSSR count). The van der Waals surface area contributed by atoms with Gasteiger partial charge in [0.1, 0.15) is 0 Å². The van der Waals surface area contributed by atoms with Crippen molar-refractivity contribution in [1.29, 1.82) is 0 Å². The number of aliphatic hydroxyl groups is 1. The van der Waals surface area contributed by atoms with Crippen LogP contribution in [-0.2, 0) is 6.54 Å². The van der Waals surface area contributed by atoms with Crippen molar-refractivity contribution < 1.29 is 32.7 Å². The Morgan fingerprint density at radius 3 is 2.61 bits per heavy atom. The van der Waals surface area contributed by atoms with Gasteiger partial charge in [0.2, 0.25) is 0 Å². The van der Waals surface area contributed by atoms with E-state index in [2.05, 4.69) is 9.68 Å². The number of alkyl halides is 3. The molecular weight excluding hydrogens is 257 g/mol. The first-order chi connectivity index (χ1) is 8.31. The van der Waals surface area contributed by atoms with Gasteiger partial charge in [-0.2, -0.15) is 13.2 Å². The minimum absolute atomic E-state index is 0.00917. The van der Waals surface area contributed by atoms with Crippen LogP contribution in [0.2, 0.25) is 0 Å². The van der Waals surface area contributed by atoms with Gasteiger partial charge in [-0.15, -0.1) is 0 Å². The van der Waals surface area contributed by atoms with E-state index >= 15 is 0 Å². The SMILES string of the molecule is O=C(O)c1cc(CN(CCO)CC(F)(F)F)on1.